The van der Waals surface area contributed by atoms with E-state index in [1.165, 1.54) is 19.3 Å². The average molecular weight is 872 g/mol. The minimum Gasteiger partial charge on any atom is -0.756 e. The van der Waals surface area contributed by atoms with Gasteiger partial charge in [0.05, 0.1) is 33.9 Å². The van der Waals surface area contributed by atoms with Crippen molar-refractivity contribution < 1.29 is 47.2 Å². The molecule has 0 saturated heterocycles. The van der Waals surface area contributed by atoms with Crippen molar-refractivity contribution in [2.24, 2.45) is 0 Å². The van der Waals surface area contributed by atoms with E-state index in [-0.39, 0.29) is 26.1 Å². The number of esters is 2. The maximum atomic E-state index is 12.7. The van der Waals surface area contributed by atoms with Crippen LogP contribution in [-0.2, 0) is 32.7 Å². The molecule has 0 rings (SSSR count). The zero-order chi connectivity index (χ0) is 45.1. The Kier molecular flexibility index (Phi) is 38.4. The molecule has 10 nitrogen and oxygen atoms in total. The number of nitrogens with zero attached hydrogens (tertiary/aromatic N) is 1. The lowest BCUT2D eigenvalue weighted by molar-refractivity contribution is -0.870. The number of unbranched alkanes of at least 4 members (excludes halogenated alkanes) is 7. The Morgan fingerprint density at radius 3 is 1.75 bits per heavy atom. The molecule has 0 spiro atoms. The Labute approximate surface area is 370 Å². The van der Waals surface area contributed by atoms with Gasteiger partial charge in [-0.2, -0.15) is 0 Å². The normalized spacial score (nSPS) is 15.1. The number of carbonyl (C=O) groups excluding carboxylic acids is 2. The van der Waals surface area contributed by atoms with Crippen LogP contribution in [0.2, 0.25) is 0 Å². The van der Waals surface area contributed by atoms with Gasteiger partial charge in [0, 0.05) is 12.8 Å². The maximum Gasteiger partial charge on any atom is 0.306 e. The summed E-state index contributed by atoms with van der Waals surface area (Å²) in [4.78, 5) is 37.6. The van der Waals surface area contributed by atoms with E-state index < -0.39 is 38.6 Å². The van der Waals surface area contributed by atoms with Crippen LogP contribution in [-0.4, -0.2) is 81.2 Å². The molecule has 0 fully saturated rings. The molecule has 0 aliphatic rings. The fraction of sp³-hybridized carbons (Fsp3) is 0.600. The van der Waals surface area contributed by atoms with Crippen molar-refractivity contribution in [1.29, 1.82) is 0 Å². The number of aliphatic hydroxyl groups excluding tert-OH is 1. The minimum atomic E-state index is -4.68. The molecule has 3 atom stereocenters. The summed E-state index contributed by atoms with van der Waals surface area (Å²) in [5.41, 5.74) is 0. The third-order valence-corrected chi connectivity index (χ3v) is 9.82. The van der Waals surface area contributed by atoms with E-state index in [1.54, 1.807) is 12.2 Å². The van der Waals surface area contributed by atoms with E-state index in [1.807, 2.05) is 39.4 Å². The topological polar surface area (TPSA) is 131 Å². The summed E-state index contributed by atoms with van der Waals surface area (Å²) in [5, 5.41) is 10.1. The first-order valence-electron chi connectivity index (χ1n) is 22.7. The summed E-state index contributed by atoms with van der Waals surface area (Å²) < 4.78 is 33.8. The largest absolute Gasteiger partial charge is 0.756 e. The Morgan fingerprint density at radius 1 is 0.623 bits per heavy atom. The smallest absolute Gasteiger partial charge is 0.306 e. The third-order valence-electron chi connectivity index (χ3n) is 8.86. The molecular weight excluding hydrogens is 790 g/mol. The van der Waals surface area contributed by atoms with Crippen molar-refractivity contribution in [3.63, 3.8) is 0 Å². The average Bonchev–Trinajstić information content (AvgIpc) is 3.21. The zero-order valence-electron chi connectivity index (χ0n) is 38.4. The molecule has 0 aromatic rings. The SMILES string of the molecule is CC/C=C\C/C=C\C/C=C\C/C=C\C/C=C\CCCCCC(=O)O[C@H](COC(=O)CCC/C=C/C=C\C(O)C/C=C\C/C=C\CCCCC)COP(=O)([O-])OCC[N+](C)(C)C. The molecule has 0 amide bonds. The monoisotopic (exact) mass is 872 g/mol. The van der Waals surface area contributed by atoms with E-state index in [4.69, 9.17) is 18.5 Å². The van der Waals surface area contributed by atoms with Gasteiger partial charge in [-0.1, -0.05) is 142 Å². The lowest BCUT2D eigenvalue weighted by Crippen LogP contribution is -2.37. The van der Waals surface area contributed by atoms with Gasteiger partial charge in [-0.05, 0) is 89.9 Å². The molecule has 2 unspecified atom stereocenters. The highest BCUT2D eigenvalue weighted by Gasteiger charge is 2.21. The molecule has 0 radical (unpaired) electrons. The second-order valence-corrected chi connectivity index (χ2v) is 17.3. The lowest BCUT2D eigenvalue weighted by atomic mass is 10.1. The van der Waals surface area contributed by atoms with Crippen LogP contribution in [0.4, 0.5) is 0 Å². The van der Waals surface area contributed by atoms with Gasteiger partial charge in [-0.3, -0.25) is 14.2 Å². The van der Waals surface area contributed by atoms with Gasteiger partial charge >= 0.3 is 11.9 Å². The number of hydrogen-bond donors (Lipinski definition) is 1. The van der Waals surface area contributed by atoms with E-state index in [0.29, 0.717) is 36.7 Å². The van der Waals surface area contributed by atoms with Gasteiger partial charge < -0.3 is 33.0 Å². The van der Waals surface area contributed by atoms with Crippen molar-refractivity contribution in [3.05, 3.63) is 109 Å². The highest BCUT2D eigenvalue weighted by molar-refractivity contribution is 7.45. The minimum absolute atomic E-state index is 0.0666. The summed E-state index contributed by atoms with van der Waals surface area (Å²) in [6, 6.07) is 0. The summed E-state index contributed by atoms with van der Waals surface area (Å²) in [7, 11) is 1.04. The van der Waals surface area contributed by atoms with Crippen LogP contribution in [0.5, 0.6) is 0 Å². The first-order valence-corrected chi connectivity index (χ1v) is 24.2. The number of allylic oxidation sites excluding steroid dienone is 16. The van der Waals surface area contributed by atoms with Crippen LogP contribution in [0.3, 0.4) is 0 Å². The molecule has 0 heterocycles. The van der Waals surface area contributed by atoms with Gasteiger partial charge in [0.1, 0.15) is 19.8 Å². The highest BCUT2D eigenvalue weighted by atomic mass is 31.2. The molecule has 0 aromatic heterocycles. The van der Waals surface area contributed by atoms with E-state index in [2.05, 4.69) is 92.8 Å². The van der Waals surface area contributed by atoms with Gasteiger partial charge in [0.25, 0.3) is 7.82 Å². The number of rotatable bonds is 39. The predicted molar refractivity (Wildman–Crippen MR) is 251 cm³/mol. The molecular formula is C50H82NO9P. The molecule has 0 bridgehead atoms. The van der Waals surface area contributed by atoms with Crippen molar-refractivity contribution in [2.45, 2.75) is 148 Å². The van der Waals surface area contributed by atoms with Crippen LogP contribution < -0.4 is 4.89 Å². The number of quaternary nitrogens is 1. The zero-order valence-corrected chi connectivity index (χ0v) is 39.3. The molecule has 0 saturated carbocycles. The fourth-order valence-electron chi connectivity index (χ4n) is 5.28. The highest BCUT2D eigenvalue weighted by Crippen LogP contribution is 2.38. The summed E-state index contributed by atoms with van der Waals surface area (Å²) in [5.74, 6) is -1.02. The van der Waals surface area contributed by atoms with E-state index in [9.17, 15) is 24.2 Å². The molecule has 346 valence electrons. The number of ether oxygens (including phenoxy) is 2. The number of likely N-dealkylation sites (N-methyl/N-ethyl adjacent to an activating group) is 1. The fourth-order valence-corrected chi connectivity index (χ4v) is 6.01. The summed E-state index contributed by atoms with van der Waals surface area (Å²) in [6.45, 7) is 3.84. The quantitative estimate of drug-likeness (QED) is 0.0160. The Hall–Kier alpha value is -3.37. The summed E-state index contributed by atoms with van der Waals surface area (Å²) in [6.07, 6.45) is 51.5. The molecule has 0 aliphatic heterocycles. The van der Waals surface area contributed by atoms with Crippen molar-refractivity contribution in [1.82, 2.24) is 0 Å². The summed E-state index contributed by atoms with van der Waals surface area (Å²) >= 11 is 0. The van der Waals surface area contributed by atoms with E-state index in [0.717, 1.165) is 64.2 Å². The van der Waals surface area contributed by atoms with Crippen molar-refractivity contribution in [3.8, 4) is 0 Å². The number of phosphoric ester groups is 1. The van der Waals surface area contributed by atoms with Gasteiger partial charge in [0.15, 0.2) is 6.10 Å². The first kappa shape index (κ1) is 57.6. The standard InChI is InChI=1S/C50H82NO9P/c1-6-8-10-12-14-16-17-18-19-20-21-22-23-24-25-27-29-33-38-42-50(54)60-48(46-59-61(55,56)58-44-43-51(3,4)5)45-57-49(53)41-37-34-30-32-36-40-47(52)39-35-31-28-26-15-13-11-9-7-2/h8,10,14-16,18-19,21-22,24-26,30-32,35-36,40,47-48,52H,6-7,9,11-13,17,20,23,27-29,33-34,37-39,41-46H2,1-5H3/b10-8-,16-14-,19-18-,22-21-,25-24-,26-15-,32-30+,35-31-,40-36-/t47?,48-/m1/s1. The predicted octanol–water partition coefficient (Wildman–Crippen LogP) is 11.5. The first-order chi connectivity index (χ1) is 29.4. The maximum absolute atomic E-state index is 12.7. The van der Waals surface area contributed by atoms with Crippen LogP contribution >= 0.6 is 7.82 Å². The van der Waals surface area contributed by atoms with Crippen LogP contribution in [0.25, 0.3) is 0 Å². The van der Waals surface area contributed by atoms with Gasteiger partial charge in [-0.15, -0.1) is 0 Å². The second-order valence-electron chi connectivity index (χ2n) is 15.9. The van der Waals surface area contributed by atoms with Gasteiger partial charge in [0.2, 0.25) is 0 Å². The number of hydrogen-bond acceptors (Lipinski definition) is 9. The Morgan fingerprint density at radius 2 is 1.16 bits per heavy atom. The number of carbonyl (C=O) groups is 2. The second kappa shape index (κ2) is 40.7. The Bertz CT molecular complexity index is 1420. The van der Waals surface area contributed by atoms with Crippen LogP contribution in [0.1, 0.15) is 136 Å². The molecule has 0 aliphatic carbocycles. The van der Waals surface area contributed by atoms with E-state index >= 15 is 0 Å². The van der Waals surface area contributed by atoms with Gasteiger partial charge in [-0.25, -0.2) is 0 Å². The van der Waals surface area contributed by atoms with Crippen molar-refractivity contribution >= 4 is 19.8 Å². The third kappa shape index (κ3) is 44.5. The van der Waals surface area contributed by atoms with Crippen LogP contribution in [0, 0.1) is 0 Å². The lowest BCUT2D eigenvalue weighted by Gasteiger charge is -2.28. The number of phosphoric acid groups is 1. The molecule has 0 aromatic carbocycles. The number of aliphatic hydroxyl groups is 1. The van der Waals surface area contributed by atoms with Crippen LogP contribution in [0.15, 0.2) is 109 Å². The molecule has 61 heavy (non-hydrogen) atoms. The Balaban J connectivity index is 4.61. The molecule has 11 heteroatoms. The van der Waals surface area contributed by atoms with Crippen molar-refractivity contribution in [2.75, 3.05) is 47.5 Å². The molecule has 1 N–H and O–H groups in total.